The molecule has 1 N–H and O–H groups in total. The Hall–Kier alpha value is -0.190. The van der Waals surface area contributed by atoms with Crippen LogP contribution in [0.4, 0.5) is 0 Å². The first-order valence-electron chi connectivity index (χ1n) is 3.60. The van der Waals surface area contributed by atoms with Crippen LogP contribution in [0.5, 0.6) is 0 Å². The smallest absolute Gasteiger partial charge is 0.0101 e. The molecule has 1 aliphatic rings. The zero-order chi connectivity index (χ0) is 6.53. The quantitative estimate of drug-likeness (QED) is 0.604. The molecule has 10 heavy (non-hydrogen) atoms. The summed E-state index contributed by atoms with van der Waals surface area (Å²) >= 11 is 0. The molecule has 1 heterocycles. The van der Waals surface area contributed by atoms with E-state index in [1.54, 1.807) is 0 Å². The molecule has 1 nitrogen and oxygen atoms in total. The van der Waals surface area contributed by atoms with Crippen LogP contribution in [0.15, 0.2) is 0 Å². The topological polar surface area (TPSA) is 12.0 Å². The lowest BCUT2D eigenvalue weighted by molar-refractivity contribution is 0.569. The van der Waals surface area contributed by atoms with Gasteiger partial charge in [0.2, 0.25) is 0 Å². The van der Waals surface area contributed by atoms with Crippen molar-refractivity contribution < 1.29 is 0 Å². The van der Waals surface area contributed by atoms with Crippen LogP contribution in [-0.2, 0) is 0 Å². The largest absolute Gasteiger partial charge is 0.314 e. The van der Waals surface area contributed by atoms with E-state index in [-0.39, 0.29) is 12.4 Å². The van der Waals surface area contributed by atoms with Crippen molar-refractivity contribution in [2.24, 2.45) is 0 Å². The highest BCUT2D eigenvalue weighted by atomic mass is 35.5. The van der Waals surface area contributed by atoms with Gasteiger partial charge in [0.05, 0.1) is 0 Å². The van der Waals surface area contributed by atoms with Crippen LogP contribution >= 0.6 is 12.4 Å². The molecular formula is C8H14ClN. The third-order valence-electron chi connectivity index (χ3n) is 1.80. The fourth-order valence-corrected chi connectivity index (χ4v) is 1.26. The van der Waals surface area contributed by atoms with E-state index in [4.69, 9.17) is 6.42 Å². The van der Waals surface area contributed by atoms with E-state index in [0.717, 1.165) is 18.9 Å². The predicted octanol–water partition coefficient (Wildman–Crippen LogP) is 1.57. The Kier molecular flexibility index (Phi) is 5.48. The van der Waals surface area contributed by atoms with Crippen LogP contribution in [0.3, 0.4) is 0 Å². The molecule has 0 spiro atoms. The summed E-state index contributed by atoms with van der Waals surface area (Å²) in [5.74, 6) is 2.65. The van der Waals surface area contributed by atoms with Gasteiger partial charge in [-0.25, -0.2) is 0 Å². The molecule has 0 aromatic rings. The molecule has 1 atom stereocenters. The van der Waals surface area contributed by atoms with E-state index in [0.29, 0.717) is 0 Å². The molecular weight excluding hydrogens is 146 g/mol. The minimum Gasteiger partial charge on any atom is -0.314 e. The second-order valence-corrected chi connectivity index (χ2v) is 2.54. The Morgan fingerprint density at radius 1 is 1.60 bits per heavy atom. The first-order chi connectivity index (χ1) is 4.43. The van der Waals surface area contributed by atoms with Gasteiger partial charge in [0.25, 0.3) is 0 Å². The van der Waals surface area contributed by atoms with Gasteiger partial charge in [0.1, 0.15) is 0 Å². The standard InChI is InChI=1S/C8H13N.ClH/c1-2-3-5-8-6-4-7-9-8;/h1,8-9H,3-7H2;1H. The van der Waals surface area contributed by atoms with Crippen LogP contribution < -0.4 is 5.32 Å². The zero-order valence-corrected chi connectivity index (χ0v) is 6.91. The summed E-state index contributed by atoms with van der Waals surface area (Å²) in [5, 5.41) is 3.40. The molecule has 1 unspecified atom stereocenters. The van der Waals surface area contributed by atoms with Gasteiger partial charge in [-0.2, -0.15) is 0 Å². The van der Waals surface area contributed by atoms with Crippen molar-refractivity contribution in [1.29, 1.82) is 0 Å². The number of nitrogens with one attached hydrogen (secondary N) is 1. The summed E-state index contributed by atoms with van der Waals surface area (Å²) in [6.45, 7) is 1.19. The van der Waals surface area contributed by atoms with Gasteiger partial charge >= 0.3 is 0 Å². The number of hydrogen-bond acceptors (Lipinski definition) is 1. The van der Waals surface area contributed by atoms with Gasteiger partial charge in [-0.1, -0.05) is 0 Å². The van der Waals surface area contributed by atoms with Crippen molar-refractivity contribution in [3.05, 3.63) is 0 Å². The van der Waals surface area contributed by atoms with Crippen molar-refractivity contribution in [3.63, 3.8) is 0 Å². The molecule has 0 aliphatic carbocycles. The third kappa shape index (κ3) is 3.10. The van der Waals surface area contributed by atoms with Gasteiger partial charge in [-0.15, -0.1) is 24.8 Å². The van der Waals surface area contributed by atoms with Crippen LogP contribution in [0.1, 0.15) is 25.7 Å². The molecule has 0 aromatic carbocycles. The van der Waals surface area contributed by atoms with Gasteiger partial charge < -0.3 is 5.32 Å². The van der Waals surface area contributed by atoms with E-state index in [9.17, 15) is 0 Å². The molecule has 0 bridgehead atoms. The summed E-state index contributed by atoms with van der Waals surface area (Å²) in [4.78, 5) is 0. The van der Waals surface area contributed by atoms with E-state index in [1.165, 1.54) is 19.4 Å². The second-order valence-electron chi connectivity index (χ2n) is 2.54. The lowest BCUT2D eigenvalue weighted by Crippen LogP contribution is -2.20. The van der Waals surface area contributed by atoms with Gasteiger partial charge in [-0.05, 0) is 25.8 Å². The monoisotopic (exact) mass is 159 g/mol. The minimum atomic E-state index is 0. The normalized spacial score (nSPS) is 23.3. The number of terminal acetylenes is 1. The number of halogens is 1. The van der Waals surface area contributed by atoms with Crippen molar-refractivity contribution in [3.8, 4) is 12.3 Å². The zero-order valence-electron chi connectivity index (χ0n) is 6.10. The molecule has 1 saturated heterocycles. The highest BCUT2D eigenvalue weighted by Gasteiger charge is 2.11. The molecule has 1 rings (SSSR count). The second kappa shape index (κ2) is 5.58. The Morgan fingerprint density at radius 3 is 2.90 bits per heavy atom. The summed E-state index contributed by atoms with van der Waals surface area (Å²) < 4.78 is 0. The van der Waals surface area contributed by atoms with E-state index in [2.05, 4.69) is 11.2 Å². The molecule has 1 aliphatic heterocycles. The number of rotatable bonds is 2. The van der Waals surface area contributed by atoms with Gasteiger partial charge in [0.15, 0.2) is 0 Å². The fraction of sp³-hybridized carbons (Fsp3) is 0.750. The lowest BCUT2D eigenvalue weighted by atomic mass is 10.1. The average Bonchev–Trinajstić information content (AvgIpc) is 2.34. The lowest BCUT2D eigenvalue weighted by Gasteiger charge is -2.05. The van der Waals surface area contributed by atoms with E-state index in [1.807, 2.05) is 0 Å². The van der Waals surface area contributed by atoms with Crippen molar-refractivity contribution in [2.75, 3.05) is 6.54 Å². The van der Waals surface area contributed by atoms with Crippen LogP contribution in [0.2, 0.25) is 0 Å². The van der Waals surface area contributed by atoms with E-state index >= 15 is 0 Å². The maximum absolute atomic E-state index is 5.13. The maximum atomic E-state index is 5.13. The molecule has 58 valence electrons. The Balaban J connectivity index is 0.000000810. The molecule has 2 heteroatoms. The highest BCUT2D eigenvalue weighted by molar-refractivity contribution is 5.85. The summed E-state index contributed by atoms with van der Waals surface area (Å²) in [5.41, 5.74) is 0. The van der Waals surface area contributed by atoms with Crippen molar-refractivity contribution >= 4 is 12.4 Å². The summed E-state index contributed by atoms with van der Waals surface area (Å²) in [6, 6.07) is 0.723. The summed E-state index contributed by atoms with van der Waals surface area (Å²) in [7, 11) is 0. The molecule has 0 radical (unpaired) electrons. The average molecular weight is 160 g/mol. The SMILES string of the molecule is C#CCCC1CCCN1.Cl. The molecule has 0 saturated carbocycles. The van der Waals surface area contributed by atoms with Crippen molar-refractivity contribution in [2.45, 2.75) is 31.7 Å². The first kappa shape index (κ1) is 9.81. The Morgan fingerprint density at radius 2 is 2.40 bits per heavy atom. The fourth-order valence-electron chi connectivity index (χ4n) is 1.26. The Labute approximate surface area is 69.0 Å². The first-order valence-corrected chi connectivity index (χ1v) is 3.60. The predicted molar refractivity (Wildman–Crippen MR) is 46.3 cm³/mol. The maximum Gasteiger partial charge on any atom is 0.0101 e. The summed E-state index contributed by atoms with van der Waals surface area (Å²) in [6.07, 6.45) is 9.87. The molecule has 0 aromatic heterocycles. The molecule has 0 amide bonds. The molecule has 1 fully saturated rings. The Bertz CT molecular complexity index is 111. The van der Waals surface area contributed by atoms with E-state index < -0.39 is 0 Å². The van der Waals surface area contributed by atoms with Gasteiger partial charge in [-0.3, -0.25) is 0 Å². The van der Waals surface area contributed by atoms with Crippen LogP contribution in [-0.4, -0.2) is 12.6 Å². The third-order valence-corrected chi connectivity index (χ3v) is 1.80. The van der Waals surface area contributed by atoms with Crippen molar-refractivity contribution in [1.82, 2.24) is 5.32 Å². The number of hydrogen-bond donors (Lipinski definition) is 1. The highest BCUT2D eigenvalue weighted by Crippen LogP contribution is 2.09. The van der Waals surface area contributed by atoms with Gasteiger partial charge in [0, 0.05) is 12.5 Å². The van der Waals surface area contributed by atoms with Crippen LogP contribution in [0, 0.1) is 12.3 Å². The van der Waals surface area contributed by atoms with Crippen LogP contribution in [0.25, 0.3) is 0 Å². The minimum absolute atomic E-state index is 0.